The molecule has 0 aliphatic heterocycles. The summed E-state index contributed by atoms with van der Waals surface area (Å²) in [4.78, 5) is 10.0. The van der Waals surface area contributed by atoms with Gasteiger partial charge in [-0.3, -0.25) is 4.79 Å². The Kier molecular flexibility index (Phi) is 12.5. The molecule has 0 spiro atoms. The lowest BCUT2D eigenvalue weighted by Gasteiger charge is -2.02. The highest BCUT2D eigenvalue weighted by molar-refractivity contribution is 5.50. The molecule has 1 aromatic rings. The molecule has 1 heterocycles. The van der Waals surface area contributed by atoms with Crippen LogP contribution in [0.25, 0.3) is 0 Å². The van der Waals surface area contributed by atoms with E-state index in [-0.39, 0.29) is 0 Å². The molecule has 125 valence electrons. The van der Waals surface area contributed by atoms with Crippen molar-refractivity contribution < 1.29 is 4.79 Å². The van der Waals surface area contributed by atoms with Crippen molar-refractivity contribution in [1.82, 2.24) is 20.6 Å². The fourth-order valence-corrected chi connectivity index (χ4v) is 2.71. The van der Waals surface area contributed by atoms with E-state index in [0.29, 0.717) is 6.42 Å². The van der Waals surface area contributed by atoms with Crippen LogP contribution in [0, 0.1) is 0 Å². The van der Waals surface area contributed by atoms with E-state index in [1.54, 1.807) is 0 Å². The first kappa shape index (κ1) is 18.8. The minimum absolute atomic E-state index is 0.620. The standard InChI is InChI=1S/C17H31N4O/c22-16-14-12-10-8-6-4-2-1-3-5-7-9-11-13-15-17-18-20-21-19-17/h1-15H2,(H,18,19,20,21). The predicted octanol–water partition coefficient (Wildman–Crippen LogP) is 4.31. The molecule has 0 fully saturated rings. The SMILES string of the molecule is O=[C]CCCCCCCCCCCCCCCc1nn[nH]n1. The highest BCUT2D eigenvalue weighted by Crippen LogP contribution is 2.13. The molecule has 1 N–H and O–H groups in total. The highest BCUT2D eigenvalue weighted by Gasteiger charge is 1.98. The van der Waals surface area contributed by atoms with Gasteiger partial charge in [-0.1, -0.05) is 75.8 Å². The van der Waals surface area contributed by atoms with Gasteiger partial charge >= 0.3 is 0 Å². The second-order valence-electron chi connectivity index (χ2n) is 6.07. The third-order valence-corrected chi connectivity index (χ3v) is 4.07. The van der Waals surface area contributed by atoms with Crippen molar-refractivity contribution in [3.05, 3.63) is 5.82 Å². The first-order valence-electron chi connectivity index (χ1n) is 9.01. The van der Waals surface area contributed by atoms with Crippen LogP contribution in [0.1, 0.15) is 95.7 Å². The molecule has 0 aromatic carbocycles. The summed E-state index contributed by atoms with van der Waals surface area (Å²) in [6.07, 6.45) is 20.3. The van der Waals surface area contributed by atoms with Crippen LogP contribution in [-0.4, -0.2) is 26.9 Å². The van der Waals surface area contributed by atoms with Gasteiger partial charge in [0.25, 0.3) is 0 Å². The number of rotatable bonds is 16. The van der Waals surface area contributed by atoms with Crippen molar-refractivity contribution in [2.75, 3.05) is 0 Å². The fourth-order valence-electron chi connectivity index (χ4n) is 2.71. The Balaban J connectivity index is 1.69. The topological polar surface area (TPSA) is 71.5 Å². The average Bonchev–Trinajstić information content (AvgIpc) is 3.04. The maximum atomic E-state index is 10.0. The van der Waals surface area contributed by atoms with Crippen molar-refractivity contribution in [2.45, 2.75) is 96.3 Å². The maximum absolute atomic E-state index is 10.0. The summed E-state index contributed by atoms with van der Waals surface area (Å²) >= 11 is 0. The molecular weight excluding hydrogens is 276 g/mol. The number of hydrogen-bond donors (Lipinski definition) is 1. The van der Waals surface area contributed by atoms with Crippen LogP contribution in [0.4, 0.5) is 0 Å². The number of carbonyl (C=O) groups excluding carboxylic acids is 1. The number of H-pyrrole nitrogens is 1. The van der Waals surface area contributed by atoms with E-state index in [1.165, 1.54) is 77.0 Å². The van der Waals surface area contributed by atoms with Gasteiger partial charge in [-0.15, -0.1) is 10.2 Å². The van der Waals surface area contributed by atoms with E-state index in [2.05, 4.69) is 20.6 Å². The number of unbranched alkanes of at least 4 members (excludes halogenated alkanes) is 13. The van der Waals surface area contributed by atoms with Crippen molar-refractivity contribution >= 4 is 6.29 Å². The quantitative estimate of drug-likeness (QED) is 0.462. The third-order valence-electron chi connectivity index (χ3n) is 4.07. The second-order valence-corrected chi connectivity index (χ2v) is 6.07. The molecule has 0 aliphatic carbocycles. The summed E-state index contributed by atoms with van der Waals surface area (Å²) in [5.74, 6) is 0.837. The Morgan fingerprint density at radius 1 is 0.727 bits per heavy atom. The van der Waals surface area contributed by atoms with Gasteiger partial charge in [-0.05, 0) is 12.8 Å². The van der Waals surface area contributed by atoms with E-state index in [4.69, 9.17) is 0 Å². The van der Waals surface area contributed by atoms with Gasteiger partial charge < -0.3 is 0 Å². The van der Waals surface area contributed by atoms with Gasteiger partial charge in [0.05, 0.1) is 0 Å². The molecule has 1 radical (unpaired) electrons. The molecule has 1 rings (SSSR count). The van der Waals surface area contributed by atoms with Crippen LogP contribution in [0.5, 0.6) is 0 Å². The summed E-state index contributed by atoms with van der Waals surface area (Å²) in [7, 11) is 0. The number of aryl methyl sites for hydroxylation is 1. The number of tetrazole rings is 1. The van der Waals surface area contributed by atoms with Crippen LogP contribution < -0.4 is 0 Å². The van der Waals surface area contributed by atoms with Gasteiger partial charge in [0.2, 0.25) is 0 Å². The predicted molar refractivity (Wildman–Crippen MR) is 88.2 cm³/mol. The number of nitrogens with zero attached hydrogens (tertiary/aromatic N) is 3. The maximum Gasteiger partial charge on any atom is 0.198 e. The van der Waals surface area contributed by atoms with Crippen LogP contribution in [0.2, 0.25) is 0 Å². The zero-order chi connectivity index (χ0) is 15.7. The van der Waals surface area contributed by atoms with Crippen LogP contribution in [0.15, 0.2) is 0 Å². The van der Waals surface area contributed by atoms with Crippen LogP contribution >= 0.6 is 0 Å². The fraction of sp³-hybridized carbons (Fsp3) is 0.882. The van der Waals surface area contributed by atoms with Crippen molar-refractivity contribution in [3.8, 4) is 0 Å². The molecular formula is C17H31N4O. The third kappa shape index (κ3) is 11.4. The summed E-state index contributed by atoms with van der Waals surface area (Å²) < 4.78 is 0. The van der Waals surface area contributed by atoms with Gasteiger partial charge in [-0.25, -0.2) is 0 Å². The molecule has 0 unspecified atom stereocenters. The number of nitrogens with one attached hydrogen (secondary N) is 1. The monoisotopic (exact) mass is 307 g/mol. The molecule has 5 heteroatoms. The van der Waals surface area contributed by atoms with Crippen molar-refractivity contribution in [1.29, 1.82) is 0 Å². The Hall–Kier alpha value is -1.26. The molecule has 0 aliphatic rings. The number of aromatic nitrogens is 4. The first-order chi connectivity index (χ1) is 10.9. The van der Waals surface area contributed by atoms with E-state index in [9.17, 15) is 4.79 Å². The summed E-state index contributed by atoms with van der Waals surface area (Å²) in [5.41, 5.74) is 0. The molecule has 0 saturated heterocycles. The molecule has 1 aromatic heterocycles. The van der Waals surface area contributed by atoms with E-state index < -0.39 is 0 Å². The molecule has 0 amide bonds. The van der Waals surface area contributed by atoms with E-state index >= 15 is 0 Å². The normalized spacial score (nSPS) is 10.9. The summed E-state index contributed by atoms with van der Waals surface area (Å²) in [6.45, 7) is 0. The highest BCUT2D eigenvalue weighted by atomic mass is 16.1. The molecule has 0 saturated carbocycles. The lowest BCUT2D eigenvalue weighted by molar-refractivity contribution is 0.529. The number of aromatic amines is 1. The van der Waals surface area contributed by atoms with Crippen LogP contribution in [0.3, 0.4) is 0 Å². The number of hydrogen-bond acceptors (Lipinski definition) is 4. The minimum Gasteiger partial charge on any atom is -0.291 e. The van der Waals surface area contributed by atoms with Crippen molar-refractivity contribution in [2.24, 2.45) is 0 Å². The Labute approximate surface area is 134 Å². The Morgan fingerprint density at radius 2 is 1.23 bits per heavy atom. The molecule has 22 heavy (non-hydrogen) atoms. The zero-order valence-electron chi connectivity index (χ0n) is 13.9. The second kappa shape index (κ2) is 14.7. The Bertz CT molecular complexity index is 340. The van der Waals surface area contributed by atoms with Gasteiger partial charge in [0, 0.05) is 12.8 Å². The molecule has 5 nitrogen and oxygen atoms in total. The first-order valence-corrected chi connectivity index (χ1v) is 9.01. The van der Waals surface area contributed by atoms with Crippen molar-refractivity contribution in [3.63, 3.8) is 0 Å². The van der Waals surface area contributed by atoms with Crippen LogP contribution in [-0.2, 0) is 11.2 Å². The van der Waals surface area contributed by atoms with Gasteiger partial charge in [0.1, 0.15) is 0 Å². The summed E-state index contributed by atoms with van der Waals surface area (Å²) in [5, 5.41) is 14.0. The molecule has 0 bridgehead atoms. The Morgan fingerprint density at radius 3 is 1.68 bits per heavy atom. The molecule has 0 atom stereocenters. The van der Waals surface area contributed by atoms with Gasteiger partial charge in [-0.2, -0.15) is 5.21 Å². The van der Waals surface area contributed by atoms with E-state index in [1.807, 2.05) is 6.29 Å². The average molecular weight is 307 g/mol. The summed E-state index contributed by atoms with van der Waals surface area (Å²) in [6, 6.07) is 0. The van der Waals surface area contributed by atoms with Gasteiger partial charge in [0.15, 0.2) is 12.1 Å². The minimum atomic E-state index is 0.620. The smallest absolute Gasteiger partial charge is 0.198 e. The zero-order valence-corrected chi connectivity index (χ0v) is 13.9. The largest absolute Gasteiger partial charge is 0.291 e. The lowest BCUT2D eigenvalue weighted by Crippen LogP contribution is -1.89. The van der Waals surface area contributed by atoms with E-state index in [0.717, 1.165) is 18.7 Å². The lowest BCUT2D eigenvalue weighted by atomic mass is 10.0.